The first-order valence-corrected chi connectivity index (χ1v) is 6.43. The maximum absolute atomic E-state index is 11.8. The third kappa shape index (κ3) is 3.22. The van der Waals surface area contributed by atoms with Crippen LogP contribution in [0.5, 0.6) is 5.75 Å². The summed E-state index contributed by atoms with van der Waals surface area (Å²) in [6.07, 6.45) is 1.77. The van der Waals surface area contributed by atoms with Gasteiger partial charge in [0.05, 0.1) is 12.7 Å². The van der Waals surface area contributed by atoms with Crippen molar-refractivity contribution >= 4 is 5.78 Å². The van der Waals surface area contributed by atoms with E-state index >= 15 is 0 Å². The van der Waals surface area contributed by atoms with E-state index in [9.17, 15) is 4.79 Å². The molecule has 0 atom stereocenters. The van der Waals surface area contributed by atoms with E-state index in [0.29, 0.717) is 11.3 Å². The summed E-state index contributed by atoms with van der Waals surface area (Å²) in [6.45, 7) is 1.59. The highest BCUT2D eigenvalue weighted by molar-refractivity contribution is 5.98. The van der Waals surface area contributed by atoms with E-state index in [4.69, 9.17) is 4.74 Å². The van der Waals surface area contributed by atoms with Crippen molar-refractivity contribution in [1.29, 1.82) is 0 Å². The minimum Gasteiger partial charge on any atom is -0.496 e. The highest BCUT2D eigenvalue weighted by Gasteiger charge is 2.13. The molecular formula is C17H18O2. The topological polar surface area (TPSA) is 26.3 Å². The summed E-state index contributed by atoms with van der Waals surface area (Å²) >= 11 is 0. The number of carbonyl (C=O) groups excluding carboxylic acids is 1. The number of ether oxygens (including phenoxy) is 1. The lowest BCUT2D eigenvalue weighted by atomic mass is 9.97. The van der Waals surface area contributed by atoms with Gasteiger partial charge in [-0.15, -0.1) is 0 Å². The van der Waals surface area contributed by atoms with Crippen LogP contribution in [0.3, 0.4) is 0 Å². The van der Waals surface area contributed by atoms with E-state index in [2.05, 4.69) is 12.1 Å². The molecule has 0 aliphatic heterocycles. The van der Waals surface area contributed by atoms with E-state index in [1.165, 1.54) is 5.56 Å². The van der Waals surface area contributed by atoms with Crippen molar-refractivity contribution in [2.24, 2.45) is 0 Å². The second-order valence-electron chi connectivity index (χ2n) is 4.54. The quantitative estimate of drug-likeness (QED) is 0.761. The van der Waals surface area contributed by atoms with Crippen molar-refractivity contribution in [3.63, 3.8) is 0 Å². The molecule has 19 heavy (non-hydrogen) atoms. The lowest BCUT2D eigenvalue weighted by Crippen LogP contribution is -2.04. The number of benzene rings is 2. The number of Topliss-reactive ketones (excluding diaryl/α,β-unsaturated/α-hetero) is 1. The predicted molar refractivity (Wildman–Crippen MR) is 76.8 cm³/mol. The van der Waals surface area contributed by atoms with Crippen LogP contribution >= 0.6 is 0 Å². The molecule has 2 rings (SSSR count). The van der Waals surface area contributed by atoms with Crippen LogP contribution < -0.4 is 4.74 Å². The SMILES string of the molecule is COc1cccc(CCc2ccccc2)c1C(C)=O. The van der Waals surface area contributed by atoms with Gasteiger partial charge in [-0.05, 0) is 37.0 Å². The molecule has 0 aliphatic rings. The number of methoxy groups -OCH3 is 1. The highest BCUT2D eigenvalue weighted by Crippen LogP contribution is 2.24. The van der Waals surface area contributed by atoms with Gasteiger partial charge < -0.3 is 4.74 Å². The zero-order valence-electron chi connectivity index (χ0n) is 11.3. The van der Waals surface area contributed by atoms with Crippen LogP contribution in [-0.4, -0.2) is 12.9 Å². The molecule has 0 radical (unpaired) electrons. The van der Waals surface area contributed by atoms with Crippen molar-refractivity contribution in [3.05, 3.63) is 65.2 Å². The molecule has 0 unspecified atom stereocenters. The second kappa shape index (κ2) is 6.19. The summed E-state index contributed by atoms with van der Waals surface area (Å²) in [4.78, 5) is 11.8. The smallest absolute Gasteiger partial charge is 0.163 e. The fourth-order valence-corrected chi connectivity index (χ4v) is 2.28. The van der Waals surface area contributed by atoms with Crippen LogP contribution in [-0.2, 0) is 12.8 Å². The van der Waals surface area contributed by atoms with Crippen molar-refractivity contribution in [1.82, 2.24) is 0 Å². The van der Waals surface area contributed by atoms with Crippen molar-refractivity contribution in [3.8, 4) is 5.75 Å². The average molecular weight is 254 g/mol. The molecule has 0 heterocycles. The second-order valence-corrected chi connectivity index (χ2v) is 4.54. The molecule has 2 aromatic rings. The first-order chi connectivity index (χ1) is 9.22. The molecule has 0 amide bonds. The Hall–Kier alpha value is -2.09. The third-order valence-electron chi connectivity index (χ3n) is 3.21. The van der Waals surface area contributed by atoms with Crippen LogP contribution in [0.15, 0.2) is 48.5 Å². The zero-order valence-corrected chi connectivity index (χ0v) is 11.3. The normalized spacial score (nSPS) is 10.2. The number of ketones is 1. The molecule has 98 valence electrons. The van der Waals surface area contributed by atoms with Gasteiger partial charge in [-0.1, -0.05) is 42.5 Å². The first-order valence-electron chi connectivity index (χ1n) is 6.43. The lowest BCUT2D eigenvalue weighted by molar-refractivity contribution is 0.101. The van der Waals surface area contributed by atoms with Crippen LogP contribution in [0, 0.1) is 0 Å². The fraction of sp³-hybridized carbons (Fsp3) is 0.235. The molecule has 0 fully saturated rings. The minimum absolute atomic E-state index is 0.0560. The molecule has 0 spiro atoms. The summed E-state index contributed by atoms with van der Waals surface area (Å²) in [6, 6.07) is 16.1. The number of aryl methyl sites for hydroxylation is 2. The van der Waals surface area contributed by atoms with Crippen molar-refractivity contribution < 1.29 is 9.53 Å². The maximum atomic E-state index is 11.8. The van der Waals surface area contributed by atoms with E-state index in [1.54, 1.807) is 14.0 Å². The van der Waals surface area contributed by atoms with Gasteiger partial charge in [0, 0.05) is 0 Å². The monoisotopic (exact) mass is 254 g/mol. The Labute approximate surface area is 114 Å². The third-order valence-corrected chi connectivity index (χ3v) is 3.21. The molecule has 0 saturated heterocycles. The molecule has 2 nitrogen and oxygen atoms in total. The van der Waals surface area contributed by atoms with Gasteiger partial charge in [0.2, 0.25) is 0 Å². The van der Waals surface area contributed by atoms with E-state index < -0.39 is 0 Å². The Bertz CT molecular complexity index is 559. The largest absolute Gasteiger partial charge is 0.496 e. The zero-order chi connectivity index (χ0) is 13.7. The molecule has 0 saturated carbocycles. The molecule has 0 aliphatic carbocycles. The van der Waals surface area contributed by atoms with Crippen LogP contribution in [0.2, 0.25) is 0 Å². The number of hydrogen-bond donors (Lipinski definition) is 0. The molecule has 0 bridgehead atoms. The Morgan fingerprint density at radius 1 is 1.00 bits per heavy atom. The molecule has 2 heteroatoms. The predicted octanol–water partition coefficient (Wildman–Crippen LogP) is 3.68. The summed E-state index contributed by atoms with van der Waals surface area (Å²) < 4.78 is 5.28. The standard InChI is InChI=1S/C17H18O2/c1-13(18)17-15(9-6-10-16(17)19-2)12-11-14-7-4-3-5-8-14/h3-10H,11-12H2,1-2H3. The Balaban J connectivity index is 2.23. The van der Waals surface area contributed by atoms with Crippen LogP contribution in [0.1, 0.15) is 28.4 Å². The molecule has 0 N–H and O–H groups in total. The van der Waals surface area contributed by atoms with Crippen molar-refractivity contribution in [2.75, 3.05) is 7.11 Å². The Morgan fingerprint density at radius 2 is 1.74 bits per heavy atom. The van der Waals surface area contributed by atoms with Gasteiger partial charge >= 0.3 is 0 Å². The molecular weight excluding hydrogens is 236 g/mol. The van der Waals surface area contributed by atoms with Gasteiger partial charge in [-0.2, -0.15) is 0 Å². The van der Waals surface area contributed by atoms with Gasteiger partial charge in [0.15, 0.2) is 5.78 Å². The number of hydrogen-bond acceptors (Lipinski definition) is 2. The van der Waals surface area contributed by atoms with Crippen LogP contribution in [0.25, 0.3) is 0 Å². The summed E-state index contributed by atoms with van der Waals surface area (Å²) in [5.74, 6) is 0.721. The van der Waals surface area contributed by atoms with Crippen LogP contribution in [0.4, 0.5) is 0 Å². The number of carbonyl (C=O) groups is 1. The maximum Gasteiger partial charge on any atom is 0.163 e. The fourth-order valence-electron chi connectivity index (χ4n) is 2.28. The van der Waals surface area contributed by atoms with E-state index in [-0.39, 0.29) is 5.78 Å². The van der Waals surface area contributed by atoms with Gasteiger partial charge in [0.1, 0.15) is 5.75 Å². The molecule has 0 aromatic heterocycles. The van der Waals surface area contributed by atoms with Crippen molar-refractivity contribution in [2.45, 2.75) is 19.8 Å². The van der Waals surface area contributed by atoms with Gasteiger partial charge in [-0.3, -0.25) is 4.79 Å². The van der Waals surface area contributed by atoms with E-state index in [0.717, 1.165) is 18.4 Å². The van der Waals surface area contributed by atoms with E-state index in [1.807, 2.05) is 36.4 Å². The number of rotatable bonds is 5. The summed E-state index contributed by atoms with van der Waals surface area (Å²) in [5, 5.41) is 0. The lowest BCUT2D eigenvalue weighted by Gasteiger charge is -2.11. The average Bonchev–Trinajstić information content (AvgIpc) is 2.45. The first kappa shape index (κ1) is 13.3. The minimum atomic E-state index is 0.0560. The Kier molecular flexibility index (Phi) is 4.35. The summed E-state index contributed by atoms with van der Waals surface area (Å²) in [7, 11) is 1.60. The Morgan fingerprint density at radius 3 is 2.37 bits per heavy atom. The molecule has 2 aromatic carbocycles. The van der Waals surface area contributed by atoms with Gasteiger partial charge in [0.25, 0.3) is 0 Å². The van der Waals surface area contributed by atoms with Gasteiger partial charge in [-0.25, -0.2) is 0 Å². The summed E-state index contributed by atoms with van der Waals surface area (Å²) in [5.41, 5.74) is 3.04. The highest BCUT2D eigenvalue weighted by atomic mass is 16.5.